The Morgan fingerprint density at radius 2 is 2.31 bits per heavy atom. The monoisotopic (exact) mass is 175 g/mol. The maximum Gasteiger partial charge on any atom is 0.0682 e. The Bertz CT molecular complexity index is 417. The number of aryl methyl sites for hydroxylation is 1. The molecule has 0 aliphatic rings. The van der Waals surface area contributed by atoms with Gasteiger partial charge in [-0.05, 0) is 18.7 Å². The number of hydrogen-bond donors (Lipinski definition) is 1. The summed E-state index contributed by atoms with van der Waals surface area (Å²) in [5, 5.41) is 8.61. The molecule has 0 bridgehead atoms. The van der Waals surface area contributed by atoms with Crippen LogP contribution in [0.5, 0.6) is 0 Å². The van der Waals surface area contributed by atoms with Crippen molar-refractivity contribution in [3.63, 3.8) is 0 Å². The van der Waals surface area contributed by atoms with Gasteiger partial charge in [-0.15, -0.1) is 0 Å². The third-order valence-corrected chi connectivity index (χ3v) is 2.25. The van der Waals surface area contributed by atoms with Crippen LogP contribution in [0, 0.1) is 0 Å². The van der Waals surface area contributed by atoms with E-state index < -0.39 is 0 Å². The second-order valence-corrected chi connectivity index (χ2v) is 3.15. The molecule has 1 aromatic heterocycles. The topological polar surface area (TPSA) is 29.9 Å². The van der Waals surface area contributed by atoms with E-state index in [-0.39, 0.29) is 0 Å². The van der Waals surface area contributed by atoms with Crippen molar-refractivity contribution in [3.8, 4) is 0 Å². The first-order chi connectivity index (χ1) is 6.33. The summed E-state index contributed by atoms with van der Waals surface area (Å²) in [7, 11) is 3.92. The lowest BCUT2D eigenvalue weighted by Gasteiger charge is -2.01. The van der Waals surface area contributed by atoms with Gasteiger partial charge in [0, 0.05) is 19.0 Å². The molecule has 68 valence electrons. The third kappa shape index (κ3) is 1.31. The second-order valence-electron chi connectivity index (χ2n) is 3.15. The summed E-state index contributed by atoms with van der Waals surface area (Å²) in [5.74, 6) is 0. The summed E-state index contributed by atoms with van der Waals surface area (Å²) in [5.41, 5.74) is 2.49. The van der Waals surface area contributed by atoms with E-state index in [0.29, 0.717) is 0 Å². The lowest BCUT2D eigenvalue weighted by atomic mass is 10.1. The number of aromatic nitrogens is 2. The summed E-state index contributed by atoms with van der Waals surface area (Å²) >= 11 is 0. The summed E-state index contributed by atoms with van der Waals surface area (Å²) < 4.78 is 1.90. The van der Waals surface area contributed by atoms with Crippen LogP contribution in [0.4, 0.5) is 0 Å². The highest BCUT2D eigenvalue weighted by Crippen LogP contribution is 2.17. The van der Waals surface area contributed by atoms with Crippen LogP contribution in [0.15, 0.2) is 24.4 Å². The van der Waals surface area contributed by atoms with Gasteiger partial charge in [0.1, 0.15) is 0 Å². The zero-order chi connectivity index (χ0) is 9.26. The summed E-state index contributed by atoms with van der Waals surface area (Å²) in [6.45, 7) is 0.892. The quantitative estimate of drug-likeness (QED) is 0.745. The average molecular weight is 175 g/mol. The minimum absolute atomic E-state index is 0.892. The van der Waals surface area contributed by atoms with Crippen molar-refractivity contribution in [2.45, 2.75) is 6.54 Å². The van der Waals surface area contributed by atoms with Gasteiger partial charge < -0.3 is 5.32 Å². The lowest BCUT2D eigenvalue weighted by molar-refractivity contribution is 0.797. The molecule has 2 aromatic rings. The maximum absolute atomic E-state index is 4.23. The molecule has 13 heavy (non-hydrogen) atoms. The molecule has 0 atom stereocenters. The summed E-state index contributed by atoms with van der Waals surface area (Å²) in [6, 6.07) is 6.28. The van der Waals surface area contributed by atoms with Crippen LogP contribution in [-0.4, -0.2) is 16.8 Å². The molecule has 0 aliphatic carbocycles. The van der Waals surface area contributed by atoms with Crippen LogP contribution in [0.1, 0.15) is 5.56 Å². The van der Waals surface area contributed by atoms with Gasteiger partial charge >= 0.3 is 0 Å². The largest absolute Gasteiger partial charge is 0.316 e. The Morgan fingerprint density at radius 1 is 1.46 bits per heavy atom. The molecule has 0 saturated carbocycles. The van der Waals surface area contributed by atoms with Crippen molar-refractivity contribution in [3.05, 3.63) is 30.0 Å². The van der Waals surface area contributed by atoms with Crippen molar-refractivity contribution in [2.75, 3.05) is 7.05 Å². The molecular weight excluding hydrogens is 162 g/mol. The number of nitrogens with zero attached hydrogens (tertiary/aromatic N) is 2. The van der Waals surface area contributed by atoms with Crippen molar-refractivity contribution in [1.82, 2.24) is 15.1 Å². The first kappa shape index (κ1) is 8.26. The van der Waals surface area contributed by atoms with E-state index in [1.54, 1.807) is 0 Å². The van der Waals surface area contributed by atoms with Gasteiger partial charge in [0.25, 0.3) is 0 Å². The van der Waals surface area contributed by atoms with Crippen molar-refractivity contribution >= 4 is 10.9 Å². The average Bonchev–Trinajstić information content (AvgIpc) is 2.50. The Balaban J connectivity index is 2.63. The highest BCUT2D eigenvalue weighted by atomic mass is 15.2. The molecule has 0 unspecified atom stereocenters. The minimum atomic E-state index is 0.892. The third-order valence-electron chi connectivity index (χ3n) is 2.25. The predicted octanol–water partition coefficient (Wildman–Crippen LogP) is 1.29. The van der Waals surface area contributed by atoms with Crippen molar-refractivity contribution in [1.29, 1.82) is 0 Å². The summed E-state index contributed by atoms with van der Waals surface area (Å²) in [4.78, 5) is 0. The molecule has 0 radical (unpaired) electrons. The number of fused-ring (bicyclic) bond motifs is 1. The van der Waals surface area contributed by atoms with Gasteiger partial charge in [-0.2, -0.15) is 5.10 Å². The molecule has 0 amide bonds. The minimum Gasteiger partial charge on any atom is -0.316 e. The molecule has 1 N–H and O–H groups in total. The molecule has 0 fully saturated rings. The number of rotatable bonds is 2. The van der Waals surface area contributed by atoms with E-state index in [2.05, 4.69) is 28.6 Å². The first-order valence-corrected chi connectivity index (χ1v) is 4.37. The fourth-order valence-corrected chi connectivity index (χ4v) is 1.58. The van der Waals surface area contributed by atoms with Crippen LogP contribution >= 0.6 is 0 Å². The Kier molecular flexibility index (Phi) is 2.02. The smallest absolute Gasteiger partial charge is 0.0682 e. The Hall–Kier alpha value is -1.35. The van der Waals surface area contributed by atoms with Gasteiger partial charge in [-0.3, -0.25) is 4.68 Å². The zero-order valence-corrected chi connectivity index (χ0v) is 7.91. The predicted molar refractivity (Wildman–Crippen MR) is 53.5 cm³/mol. The normalized spacial score (nSPS) is 10.9. The van der Waals surface area contributed by atoms with E-state index in [4.69, 9.17) is 0 Å². The Morgan fingerprint density at radius 3 is 3.08 bits per heavy atom. The number of benzene rings is 1. The maximum atomic E-state index is 4.23. The molecule has 0 spiro atoms. The number of hydrogen-bond acceptors (Lipinski definition) is 2. The van der Waals surface area contributed by atoms with E-state index >= 15 is 0 Å². The molecule has 0 aliphatic heterocycles. The van der Waals surface area contributed by atoms with Crippen molar-refractivity contribution < 1.29 is 0 Å². The van der Waals surface area contributed by atoms with Gasteiger partial charge in [0.05, 0.1) is 11.7 Å². The molecule has 0 saturated heterocycles. The van der Waals surface area contributed by atoms with E-state index in [1.165, 1.54) is 16.5 Å². The first-order valence-electron chi connectivity index (χ1n) is 4.37. The molecule has 2 rings (SSSR count). The van der Waals surface area contributed by atoms with Crippen LogP contribution in [0.3, 0.4) is 0 Å². The van der Waals surface area contributed by atoms with Crippen LogP contribution in [-0.2, 0) is 13.6 Å². The molecular formula is C10H13N3. The fourth-order valence-electron chi connectivity index (χ4n) is 1.58. The van der Waals surface area contributed by atoms with Crippen LogP contribution in [0.2, 0.25) is 0 Å². The van der Waals surface area contributed by atoms with Gasteiger partial charge in [-0.25, -0.2) is 0 Å². The summed E-state index contributed by atoms with van der Waals surface area (Å²) in [6.07, 6.45) is 1.92. The van der Waals surface area contributed by atoms with Gasteiger partial charge in [0.15, 0.2) is 0 Å². The van der Waals surface area contributed by atoms with Crippen LogP contribution < -0.4 is 5.32 Å². The SMILES string of the molecule is CNCc1cccc2c1cnn2C. The van der Waals surface area contributed by atoms with Crippen molar-refractivity contribution in [2.24, 2.45) is 7.05 Å². The van der Waals surface area contributed by atoms with Gasteiger partial charge in [-0.1, -0.05) is 12.1 Å². The Labute approximate surface area is 77.4 Å². The fraction of sp³-hybridized carbons (Fsp3) is 0.300. The molecule has 3 heteroatoms. The lowest BCUT2D eigenvalue weighted by Crippen LogP contribution is -2.05. The zero-order valence-electron chi connectivity index (χ0n) is 7.91. The standard InChI is InChI=1S/C10H13N3/c1-11-6-8-4-3-5-10-9(8)7-12-13(10)2/h3-5,7,11H,6H2,1-2H3. The highest BCUT2D eigenvalue weighted by Gasteiger charge is 2.02. The van der Waals surface area contributed by atoms with Crippen LogP contribution in [0.25, 0.3) is 10.9 Å². The number of nitrogens with one attached hydrogen (secondary N) is 1. The van der Waals surface area contributed by atoms with E-state index in [9.17, 15) is 0 Å². The van der Waals surface area contributed by atoms with E-state index in [1.807, 2.05) is 25.0 Å². The highest BCUT2D eigenvalue weighted by molar-refractivity contribution is 5.82. The molecule has 1 aromatic carbocycles. The molecule has 3 nitrogen and oxygen atoms in total. The van der Waals surface area contributed by atoms with Gasteiger partial charge in [0.2, 0.25) is 0 Å². The molecule has 1 heterocycles. The second kappa shape index (κ2) is 3.18. The van der Waals surface area contributed by atoms with E-state index in [0.717, 1.165) is 6.54 Å².